The molecule has 4 rings (SSSR count). The zero-order valence-electron chi connectivity index (χ0n) is 17.2. The van der Waals surface area contributed by atoms with Crippen LogP contribution < -0.4 is 4.90 Å². The third kappa shape index (κ3) is 3.68. The number of aryl methyl sites for hydroxylation is 1. The molecular weight excluding hydrogens is 348 g/mol. The average Bonchev–Trinajstić information content (AvgIpc) is 2.71. The summed E-state index contributed by atoms with van der Waals surface area (Å²) in [6, 6.07) is 10.9. The third-order valence-electron chi connectivity index (χ3n) is 6.04. The highest BCUT2D eigenvalue weighted by atomic mass is 16.2. The van der Waals surface area contributed by atoms with Crippen LogP contribution in [0, 0.1) is 6.92 Å². The topological polar surface area (TPSA) is 49.3 Å². The number of piperidine rings is 1. The van der Waals surface area contributed by atoms with Crippen LogP contribution in [0.2, 0.25) is 0 Å². The molecule has 1 aromatic heterocycles. The summed E-state index contributed by atoms with van der Waals surface area (Å²) in [6.45, 7) is 8.22. The number of carbonyl (C=O) groups excluding carboxylic acids is 1. The van der Waals surface area contributed by atoms with Crippen molar-refractivity contribution in [3.05, 3.63) is 53.0 Å². The number of aromatic nitrogens is 2. The van der Waals surface area contributed by atoms with Crippen molar-refractivity contribution >= 4 is 11.7 Å². The maximum Gasteiger partial charge on any atom is 0.228 e. The van der Waals surface area contributed by atoms with Crippen LogP contribution in [0.15, 0.2) is 30.3 Å². The van der Waals surface area contributed by atoms with Crippen molar-refractivity contribution in [2.75, 3.05) is 11.4 Å². The summed E-state index contributed by atoms with van der Waals surface area (Å²) in [5.41, 5.74) is 3.29. The molecule has 0 aliphatic carbocycles. The molecule has 2 aliphatic rings. The maximum absolute atomic E-state index is 12.8. The Balaban J connectivity index is 1.72. The molecule has 1 amide bonds. The molecule has 5 nitrogen and oxygen atoms in total. The second-order valence-electron chi connectivity index (χ2n) is 8.28. The number of carbonyl (C=O) groups is 1. The monoisotopic (exact) mass is 378 g/mol. The minimum atomic E-state index is 0.157. The van der Waals surface area contributed by atoms with Crippen molar-refractivity contribution in [2.24, 2.45) is 0 Å². The Morgan fingerprint density at radius 3 is 2.64 bits per heavy atom. The molecule has 0 N–H and O–H groups in total. The van der Waals surface area contributed by atoms with Gasteiger partial charge in [-0.15, -0.1) is 0 Å². The molecule has 1 aromatic carbocycles. The van der Waals surface area contributed by atoms with Crippen molar-refractivity contribution in [3.8, 4) is 0 Å². The van der Waals surface area contributed by atoms with E-state index in [-0.39, 0.29) is 11.9 Å². The molecule has 3 heterocycles. The number of amides is 1. The van der Waals surface area contributed by atoms with E-state index in [1.165, 1.54) is 12.8 Å². The summed E-state index contributed by atoms with van der Waals surface area (Å²) in [4.78, 5) is 27.1. The van der Waals surface area contributed by atoms with Crippen molar-refractivity contribution in [2.45, 2.75) is 71.5 Å². The van der Waals surface area contributed by atoms with Crippen LogP contribution in [-0.2, 0) is 17.8 Å². The van der Waals surface area contributed by atoms with Gasteiger partial charge in [0.25, 0.3) is 0 Å². The van der Waals surface area contributed by atoms with Crippen LogP contribution in [0.25, 0.3) is 0 Å². The summed E-state index contributed by atoms with van der Waals surface area (Å²) < 4.78 is 0. The lowest BCUT2D eigenvalue weighted by Crippen LogP contribution is -2.40. The number of anilines is 1. The minimum absolute atomic E-state index is 0.157. The highest BCUT2D eigenvalue weighted by molar-refractivity contribution is 5.95. The SMILES string of the molecule is Cc1nc([C@H]2CCCCN2C(C)C)nc2c1CCC(=O)N2Cc1ccccc1. The maximum atomic E-state index is 12.8. The Bertz CT molecular complexity index is 849. The van der Waals surface area contributed by atoms with E-state index >= 15 is 0 Å². The molecule has 0 spiro atoms. The van der Waals surface area contributed by atoms with Crippen molar-refractivity contribution in [1.82, 2.24) is 14.9 Å². The molecule has 0 bridgehead atoms. The van der Waals surface area contributed by atoms with Gasteiger partial charge in [0.15, 0.2) is 0 Å². The molecule has 0 radical (unpaired) electrons. The molecule has 0 unspecified atom stereocenters. The molecule has 148 valence electrons. The first-order valence-electron chi connectivity index (χ1n) is 10.5. The number of benzene rings is 1. The molecule has 1 fully saturated rings. The fraction of sp³-hybridized carbons (Fsp3) is 0.522. The number of hydrogen-bond donors (Lipinski definition) is 0. The van der Waals surface area contributed by atoms with Gasteiger partial charge in [-0.05, 0) is 52.1 Å². The van der Waals surface area contributed by atoms with Crippen LogP contribution in [-0.4, -0.2) is 33.4 Å². The van der Waals surface area contributed by atoms with Gasteiger partial charge in [-0.1, -0.05) is 36.8 Å². The lowest BCUT2D eigenvalue weighted by Gasteiger charge is -2.38. The molecule has 5 heteroatoms. The quantitative estimate of drug-likeness (QED) is 0.800. The van der Waals surface area contributed by atoms with E-state index in [1.807, 2.05) is 23.1 Å². The van der Waals surface area contributed by atoms with Crippen molar-refractivity contribution in [3.63, 3.8) is 0 Å². The van der Waals surface area contributed by atoms with Gasteiger partial charge in [0.1, 0.15) is 11.6 Å². The normalized spacial score (nSPS) is 20.5. The Morgan fingerprint density at radius 1 is 1.11 bits per heavy atom. The smallest absolute Gasteiger partial charge is 0.228 e. The summed E-state index contributed by atoms with van der Waals surface area (Å²) in [7, 11) is 0. The van der Waals surface area contributed by atoms with E-state index in [4.69, 9.17) is 9.97 Å². The first-order valence-corrected chi connectivity index (χ1v) is 10.5. The number of fused-ring (bicyclic) bond motifs is 1. The van der Waals surface area contributed by atoms with E-state index in [0.29, 0.717) is 19.0 Å². The van der Waals surface area contributed by atoms with Crippen LogP contribution in [0.3, 0.4) is 0 Å². The Morgan fingerprint density at radius 2 is 1.89 bits per heavy atom. The van der Waals surface area contributed by atoms with Crippen LogP contribution in [0.5, 0.6) is 0 Å². The molecule has 1 saturated heterocycles. The van der Waals surface area contributed by atoms with Gasteiger partial charge in [-0.2, -0.15) is 0 Å². The van der Waals surface area contributed by atoms with E-state index < -0.39 is 0 Å². The highest BCUT2D eigenvalue weighted by Crippen LogP contribution is 2.35. The highest BCUT2D eigenvalue weighted by Gasteiger charge is 2.32. The average molecular weight is 379 g/mol. The summed E-state index contributed by atoms with van der Waals surface area (Å²) >= 11 is 0. The lowest BCUT2D eigenvalue weighted by molar-refractivity contribution is -0.119. The molecule has 0 saturated carbocycles. The van der Waals surface area contributed by atoms with Gasteiger partial charge in [0.05, 0.1) is 12.6 Å². The minimum Gasteiger partial charge on any atom is -0.292 e. The van der Waals surface area contributed by atoms with Gasteiger partial charge in [-0.25, -0.2) is 9.97 Å². The van der Waals surface area contributed by atoms with Gasteiger partial charge < -0.3 is 0 Å². The zero-order chi connectivity index (χ0) is 19.7. The molecule has 2 aliphatic heterocycles. The Labute approximate surface area is 167 Å². The third-order valence-corrected chi connectivity index (χ3v) is 6.04. The lowest BCUT2D eigenvalue weighted by atomic mass is 9.98. The van der Waals surface area contributed by atoms with Gasteiger partial charge in [-0.3, -0.25) is 14.6 Å². The summed E-state index contributed by atoms with van der Waals surface area (Å²) in [6.07, 6.45) is 4.80. The summed E-state index contributed by atoms with van der Waals surface area (Å²) in [5.74, 6) is 1.87. The van der Waals surface area contributed by atoms with Crippen molar-refractivity contribution < 1.29 is 4.79 Å². The van der Waals surface area contributed by atoms with Gasteiger partial charge in [0, 0.05) is 23.7 Å². The number of rotatable bonds is 4. The Hall–Kier alpha value is -2.27. The molecular formula is C23H30N4O. The van der Waals surface area contributed by atoms with Crippen molar-refractivity contribution in [1.29, 1.82) is 0 Å². The predicted molar refractivity (Wildman–Crippen MR) is 111 cm³/mol. The first-order chi connectivity index (χ1) is 13.5. The molecule has 2 aromatic rings. The fourth-order valence-electron chi connectivity index (χ4n) is 4.53. The first kappa shape index (κ1) is 19.1. The number of nitrogens with zero attached hydrogens (tertiary/aromatic N) is 4. The molecule has 28 heavy (non-hydrogen) atoms. The van der Waals surface area contributed by atoms with Gasteiger partial charge >= 0.3 is 0 Å². The second-order valence-corrected chi connectivity index (χ2v) is 8.28. The van der Waals surface area contributed by atoms with Crippen LogP contribution in [0.4, 0.5) is 5.82 Å². The van der Waals surface area contributed by atoms with E-state index in [1.54, 1.807) is 0 Å². The zero-order valence-corrected chi connectivity index (χ0v) is 17.2. The van der Waals surface area contributed by atoms with Crippen LogP contribution in [0.1, 0.15) is 68.2 Å². The Kier molecular flexibility index (Phi) is 5.44. The van der Waals surface area contributed by atoms with E-state index in [0.717, 1.165) is 47.8 Å². The van der Waals surface area contributed by atoms with E-state index in [9.17, 15) is 4.79 Å². The second kappa shape index (κ2) is 8.00. The largest absolute Gasteiger partial charge is 0.292 e. The standard InChI is InChI=1S/C23H30N4O/c1-16(2)26-14-8-7-11-20(26)22-24-17(3)19-12-13-21(28)27(23(19)25-22)15-18-9-5-4-6-10-18/h4-6,9-10,16,20H,7-8,11-15H2,1-3H3/t20-/m1/s1. The number of hydrogen-bond acceptors (Lipinski definition) is 4. The molecule has 1 atom stereocenters. The predicted octanol–water partition coefficient (Wildman–Crippen LogP) is 4.20. The summed E-state index contributed by atoms with van der Waals surface area (Å²) in [5, 5.41) is 0. The number of likely N-dealkylation sites (tertiary alicyclic amines) is 1. The fourth-order valence-corrected chi connectivity index (χ4v) is 4.53. The van der Waals surface area contributed by atoms with E-state index in [2.05, 4.69) is 37.8 Å². The van der Waals surface area contributed by atoms with Gasteiger partial charge in [0.2, 0.25) is 5.91 Å². The van der Waals surface area contributed by atoms with Crippen LogP contribution >= 0.6 is 0 Å².